The van der Waals surface area contributed by atoms with Crippen LogP contribution in [0.2, 0.25) is 5.02 Å². The number of thiazole rings is 3. The van der Waals surface area contributed by atoms with Gasteiger partial charge < -0.3 is 50.2 Å². The summed E-state index contributed by atoms with van der Waals surface area (Å²) in [5, 5.41) is 35.9. The quantitative estimate of drug-likeness (QED) is 0.0663. The van der Waals surface area contributed by atoms with Crippen LogP contribution in [-0.4, -0.2) is 272 Å². The zero-order chi connectivity index (χ0) is 69.4. The Morgan fingerprint density at radius 1 is 0.568 bits per heavy atom. The molecule has 9 heterocycles. The Morgan fingerprint density at radius 3 is 1.39 bits per heavy atom. The number of nitrogens with zero attached hydrogens (tertiary/aromatic N) is 10. The van der Waals surface area contributed by atoms with Gasteiger partial charge in [-0.05, 0) is 103 Å². The van der Waals surface area contributed by atoms with E-state index >= 15 is 0 Å². The van der Waals surface area contributed by atoms with Crippen molar-refractivity contribution in [2.45, 2.75) is 130 Å². The Morgan fingerprint density at radius 2 is 1.00 bits per heavy atom. The fourth-order valence-corrected chi connectivity index (χ4v) is 17.9. The lowest BCUT2D eigenvalue weighted by atomic mass is 9.98. The predicted octanol–water partition coefficient (Wildman–Crippen LogP) is 6.05. The average Bonchev–Trinajstić information content (AvgIpc) is 1.64. The minimum Gasteiger partial charge on any atom is -0.386 e. The van der Waals surface area contributed by atoms with Crippen molar-refractivity contribution in [2.24, 2.45) is 0 Å². The van der Waals surface area contributed by atoms with Gasteiger partial charge in [-0.2, -0.15) is 8.61 Å². The minimum atomic E-state index is -3.60. The number of morpholine rings is 3. The van der Waals surface area contributed by atoms with Crippen LogP contribution in [0.15, 0.2) is 96.3 Å². The largest absolute Gasteiger partial charge is 0.386 e. The second-order valence-corrected chi connectivity index (χ2v) is 35.0. The lowest BCUT2D eigenvalue weighted by Gasteiger charge is -2.45. The van der Waals surface area contributed by atoms with E-state index < -0.39 is 40.3 Å². The number of halogens is 2. The molecule has 6 fully saturated rings. The van der Waals surface area contributed by atoms with Gasteiger partial charge in [-0.3, -0.25) is 14.7 Å². The van der Waals surface area contributed by atoms with Crippen LogP contribution in [0.4, 0.5) is 5.69 Å². The minimum absolute atomic E-state index is 0.00739. The summed E-state index contributed by atoms with van der Waals surface area (Å²) in [5.41, 5.74) is 1.09. The first kappa shape index (κ1) is 81.0. The smallest absolute Gasteiger partial charge is 0.288 e. The Bertz CT molecular complexity index is 3270. The topological polar surface area (TPSA) is 268 Å². The van der Waals surface area contributed by atoms with Crippen LogP contribution in [0.25, 0.3) is 0 Å². The molecule has 0 unspecified atom stereocenters. The molecule has 95 heavy (non-hydrogen) atoms. The number of hydrogen-bond donors (Lipinski definition) is 5. The highest BCUT2D eigenvalue weighted by molar-refractivity contribution is 8.14. The van der Waals surface area contributed by atoms with Gasteiger partial charge in [0.15, 0.2) is 0 Å². The van der Waals surface area contributed by atoms with Crippen LogP contribution in [0, 0.1) is 0 Å². The van der Waals surface area contributed by atoms with Crippen molar-refractivity contribution >= 4 is 91.1 Å². The Labute approximate surface area is 587 Å². The van der Waals surface area contributed by atoms with Gasteiger partial charge in [-0.15, -0.1) is 34.0 Å². The molecule has 0 aliphatic carbocycles. The fourth-order valence-electron chi connectivity index (χ4n) is 11.3. The Balaban J connectivity index is 0.000000196. The summed E-state index contributed by atoms with van der Waals surface area (Å²) in [6, 6.07) is 17.1. The van der Waals surface area contributed by atoms with E-state index in [4.69, 9.17) is 36.5 Å². The summed E-state index contributed by atoms with van der Waals surface area (Å²) in [7, 11) is -5.71. The molecule has 6 aliphatic heterocycles. The third kappa shape index (κ3) is 26.2. The lowest BCUT2D eigenvalue weighted by Crippen LogP contribution is -2.60. The van der Waals surface area contributed by atoms with Gasteiger partial charge >= 0.3 is 0 Å². The highest BCUT2D eigenvalue weighted by Gasteiger charge is 2.38. The molecule has 536 valence electrons. The van der Waals surface area contributed by atoms with Crippen molar-refractivity contribution in [1.82, 2.24) is 59.1 Å². The molecule has 0 amide bonds. The van der Waals surface area contributed by atoms with Gasteiger partial charge in [0.05, 0.1) is 56.9 Å². The molecule has 6 atom stereocenters. The Hall–Kier alpha value is -3.00. The summed E-state index contributed by atoms with van der Waals surface area (Å²) in [6.45, 7) is 40.3. The molecular weight excluding hydrogens is 1380 g/mol. The van der Waals surface area contributed by atoms with Crippen LogP contribution in [-0.2, 0) is 54.5 Å². The molecule has 0 bridgehead atoms. The second-order valence-electron chi connectivity index (χ2n) is 25.0. The highest BCUT2D eigenvalue weighted by Crippen LogP contribution is 2.30. The van der Waals surface area contributed by atoms with E-state index in [0.29, 0.717) is 75.6 Å². The summed E-state index contributed by atoms with van der Waals surface area (Å²) in [5.74, 6) is 0. The zero-order valence-corrected chi connectivity index (χ0v) is 63.2. The Kier molecular flexibility index (Phi) is 33.5. The van der Waals surface area contributed by atoms with Crippen LogP contribution >= 0.6 is 56.3 Å². The number of piperazine rings is 3. The SMILES string of the molecule is CC(C)(O)c1ccc(Cl)cc1.CCN(CC)CC.C[C@H]1COCCN1C[C@H]1CN(S(=O)(=O)c2nccs2)CCN1.C[C@H]1COCCN1C[C@H]1CN(S(=O)(=O)c2nccs2)CCN1c1ccc(C(C)(C)O)cc1.C[C@H]1COCCN1C[C@H]1CNCCN1.O=S(=O)(Cl)c1nccs1. The lowest BCUT2D eigenvalue weighted by molar-refractivity contribution is -0.00617. The van der Waals surface area contributed by atoms with Crippen LogP contribution in [0.3, 0.4) is 0 Å². The van der Waals surface area contributed by atoms with Crippen LogP contribution in [0.5, 0.6) is 0 Å². The maximum Gasteiger partial charge on any atom is 0.288 e. The third-order valence-corrected chi connectivity index (χ3v) is 26.1. The number of hydrogen-bond acceptors (Lipinski definition) is 25. The molecule has 32 heteroatoms. The second kappa shape index (κ2) is 39.3. The van der Waals surface area contributed by atoms with Gasteiger partial charge in [0.2, 0.25) is 13.0 Å². The van der Waals surface area contributed by atoms with E-state index in [2.05, 4.69) is 96.9 Å². The van der Waals surface area contributed by atoms with Crippen LogP contribution < -0.4 is 20.9 Å². The molecule has 24 nitrogen and oxygen atoms in total. The molecule has 6 saturated heterocycles. The fraction of sp³-hybridized carbons (Fsp3) is 0.667. The van der Waals surface area contributed by atoms with E-state index in [9.17, 15) is 35.5 Å². The monoisotopic (exact) mass is 1480 g/mol. The van der Waals surface area contributed by atoms with Gasteiger partial charge in [-0.25, -0.2) is 40.2 Å². The van der Waals surface area contributed by atoms with Gasteiger partial charge in [0.1, 0.15) is 0 Å². The van der Waals surface area contributed by atoms with Crippen molar-refractivity contribution in [3.8, 4) is 0 Å². The third-order valence-electron chi connectivity index (χ3n) is 17.0. The van der Waals surface area contributed by atoms with E-state index in [1.807, 2.05) is 36.4 Å². The molecule has 2 aromatic carbocycles. The number of rotatable bonds is 17. The van der Waals surface area contributed by atoms with Gasteiger partial charge in [0.25, 0.3) is 29.1 Å². The van der Waals surface area contributed by atoms with Crippen molar-refractivity contribution in [2.75, 3.05) is 162 Å². The summed E-state index contributed by atoms with van der Waals surface area (Å²) in [4.78, 5) is 23.4. The molecule has 0 saturated carbocycles. The molecule has 11 rings (SSSR count). The first-order valence-electron chi connectivity index (χ1n) is 32.6. The van der Waals surface area contributed by atoms with Gasteiger partial charge in [0, 0.05) is 185 Å². The standard InChI is InChI=1S/C22H32N4O4S2.C13H22N4O3S2.C10H21N3O.C9H11ClO.C6H15N.C3H2ClNO2S2/c1-17-16-30-12-11-24(17)14-20-15-25(32(28,29)21-23-8-13-31-21)9-10-26(20)19-6-4-18(5-7-19)22(2,3)27;1-11-10-20-6-5-16(11)8-12-9-17(4-2-14-12)22(18,19)13-15-3-7-21-13;1-9-8-14-5-4-13(9)7-10-6-11-2-3-12-10;1-9(2,11)7-3-5-8(10)6-4-7;1-4-7(5-2)6-3;4-9(6,7)3-5-1-2-8-3/h4-8,13,17,20,27H,9-12,14-16H2,1-3H3;3,7,11-12,14H,2,4-6,8-10H2,1H3;9-12H,2-8H2,1H3;3-6,11H,1-2H3;4-6H2,1-3H3;1-2H/t17-,20-;11-,12-;9-,10+;;;/m000.../s1. The number of aromatic nitrogens is 3. The maximum absolute atomic E-state index is 13.1. The van der Waals surface area contributed by atoms with Gasteiger partial charge in [-0.1, -0.05) is 56.6 Å². The number of nitrogens with one attached hydrogen (secondary N) is 3. The molecule has 3 aromatic heterocycles. The normalized spacial score (nSPS) is 23.3. The highest BCUT2D eigenvalue weighted by atomic mass is 35.7. The maximum atomic E-state index is 13.1. The number of ether oxygens (including phenoxy) is 3. The average molecular weight is 1480 g/mol. The molecule has 0 radical (unpaired) electrons. The van der Waals surface area contributed by atoms with E-state index in [1.54, 1.807) is 64.6 Å². The summed E-state index contributed by atoms with van der Waals surface area (Å²) in [6.07, 6.45) is 4.46. The van der Waals surface area contributed by atoms with E-state index in [0.717, 1.165) is 125 Å². The first-order chi connectivity index (χ1) is 45.0. The van der Waals surface area contributed by atoms with Crippen molar-refractivity contribution < 1.29 is 49.7 Å². The first-order valence-corrected chi connectivity index (χ1v) is 40.8. The van der Waals surface area contributed by atoms with Crippen molar-refractivity contribution in [3.05, 3.63) is 99.4 Å². The molecule has 5 N–H and O–H groups in total. The summed E-state index contributed by atoms with van der Waals surface area (Å²) < 4.78 is 92.1. The summed E-state index contributed by atoms with van der Waals surface area (Å²) >= 11 is 9.01. The van der Waals surface area contributed by atoms with Crippen molar-refractivity contribution in [1.29, 1.82) is 0 Å². The molecule has 6 aliphatic rings. The van der Waals surface area contributed by atoms with Crippen LogP contribution in [0.1, 0.15) is 80.4 Å². The van der Waals surface area contributed by atoms with E-state index in [-0.39, 0.29) is 31.1 Å². The van der Waals surface area contributed by atoms with E-state index in [1.165, 1.54) is 49.6 Å². The number of benzene rings is 2. The molecule has 0 spiro atoms. The predicted molar refractivity (Wildman–Crippen MR) is 382 cm³/mol. The van der Waals surface area contributed by atoms with Crippen molar-refractivity contribution in [3.63, 3.8) is 0 Å². The number of aliphatic hydroxyl groups is 2. The number of sulfonamides is 2. The molecular formula is C63H103Cl2N13O11S6. The zero-order valence-electron chi connectivity index (χ0n) is 56.8. The molecule has 5 aromatic rings. The number of anilines is 1.